The fourth-order valence-corrected chi connectivity index (χ4v) is 3.94. The second-order valence-electron chi connectivity index (χ2n) is 5.96. The van der Waals surface area contributed by atoms with E-state index < -0.39 is 0 Å². The quantitative estimate of drug-likeness (QED) is 0.774. The van der Waals surface area contributed by atoms with Crippen LogP contribution in [0.2, 0.25) is 0 Å². The van der Waals surface area contributed by atoms with Crippen LogP contribution in [0.3, 0.4) is 0 Å². The number of hydrogen-bond acceptors (Lipinski definition) is 4. The van der Waals surface area contributed by atoms with Crippen LogP contribution in [0.1, 0.15) is 34.1 Å². The Hall–Kier alpha value is -2.18. The molecule has 0 unspecified atom stereocenters. The molecule has 4 rings (SSSR count). The van der Waals surface area contributed by atoms with E-state index in [4.69, 9.17) is 0 Å². The zero-order valence-corrected chi connectivity index (χ0v) is 13.2. The SMILES string of the molecule is O=C(N[C@@H](c1cccs1)C1CC(O)C1)c1ccc2nccn2c1. The van der Waals surface area contributed by atoms with E-state index >= 15 is 0 Å². The molecule has 5 nitrogen and oxygen atoms in total. The van der Waals surface area contributed by atoms with Gasteiger partial charge < -0.3 is 14.8 Å². The van der Waals surface area contributed by atoms with Gasteiger partial charge in [-0.3, -0.25) is 4.79 Å². The standard InChI is InChI=1S/C17H17N3O2S/c21-13-8-12(9-13)16(14-2-1-7-23-14)19-17(22)11-3-4-15-18-5-6-20(15)10-11/h1-7,10,12-13,16,21H,8-9H2,(H,19,22)/t12?,13?,16-/m1/s1. The number of nitrogens with zero attached hydrogens (tertiary/aromatic N) is 2. The molecule has 1 aliphatic carbocycles. The first kappa shape index (κ1) is 14.4. The summed E-state index contributed by atoms with van der Waals surface area (Å²) in [6, 6.07) is 7.62. The molecule has 3 aromatic rings. The predicted molar refractivity (Wildman–Crippen MR) is 88.4 cm³/mol. The molecular weight excluding hydrogens is 310 g/mol. The lowest BCUT2D eigenvalue weighted by Gasteiger charge is -2.37. The number of nitrogens with one attached hydrogen (secondary N) is 1. The van der Waals surface area contributed by atoms with Crippen molar-refractivity contribution < 1.29 is 9.90 Å². The minimum atomic E-state index is -0.235. The number of pyridine rings is 1. The average molecular weight is 327 g/mol. The molecule has 0 spiro atoms. The Bertz CT molecular complexity index is 821. The maximum absolute atomic E-state index is 12.6. The number of fused-ring (bicyclic) bond motifs is 1. The number of aliphatic hydroxyl groups is 1. The van der Waals surface area contributed by atoms with Crippen LogP contribution >= 0.6 is 11.3 Å². The molecule has 2 N–H and O–H groups in total. The highest BCUT2D eigenvalue weighted by Gasteiger charge is 2.36. The third kappa shape index (κ3) is 2.75. The van der Waals surface area contributed by atoms with Crippen molar-refractivity contribution in [3.05, 3.63) is 58.7 Å². The van der Waals surface area contributed by atoms with Crippen LogP contribution in [-0.2, 0) is 0 Å². The van der Waals surface area contributed by atoms with Crippen LogP contribution in [0, 0.1) is 5.92 Å². The lowest BCUT2D eigenvalue weighted by molar-refractivity contribution is 0.0241. The average Bonchev–Trinajstić information content (AvgIpc) is 3.19. The molecule has 1 saturated carbocycles. The summed E-state index contributed by atoms with van der Waals surface area (Å²) < 4.78 is 1.84. The molecule has 118 valence electrons. The van der Waals surface area contributed by atoms with Gasteiger partial charge in [-0.05, 0) is 42.3 Å². The highest BCUT2D eigenvalue weighted by Crippen LogP contribution is 2.39. The zero-order valence-electron chi connectivity index (χ0n) is 12.4. The number of rotatable bonds is 4. The summed E-state index contributed by atoms with van der Waals surface area (Å²) in [5, 5.41) is 14.7. The van der Waals surface area contributed by atoms with E-state index in [0.717, 1.165) is 23.4 Å². The Kier molecular flexibility index (Phi) is 3.63. The Morgan fingerprint density at radius 3 is 3.00 bits per heavy atom. The van der Waals surface area contributed by atoms with E-state index in [-0.39, 0.29) is 18.1 Å². The third-order valence-corrected chi connectivity index (χ3v) is 5.36. The minimum Gasteiger partial charge on any atom is -0.393 e. The maximum Gasteiger partial charge on any atom is 0.253 e. The van der Waals surface area contributed by atoms with Crippen LogP contribution in [0.15, 0.2) is 48.2 Å². The third-order valence-electron chi connectivity index (χ3n) is 4.41. The smallest absolute Gasteiger partial charge is 0.253 e. The van der Waals surface area contributed by atoms with Gasteiger partial charge in [0.05, 0.1) is 17.7 Å². The molecule has 1 aliphatic rings. The number of carbonyl (C=O) groups excluding carboxylic acids is 1. The summed E-state index contributed by atoms with van der Waals surface area (Å²) >= 11 is 1.64. The van der Waals surface area contributed by atoms with Crippen molar-refractivity contribution in [2.24, 2.45) is 5.92 Å². The van der Waals surface area contributed by atoms with Gasteiger partial charge in [0.2, 0.25) is 0 Å². The molecule has 0 radical (unpaired) electrons. The number of aliphatic hydroxyl groups excluding tert-OH is 1. The molecule has 23 heavy (non-hydrogen) atoms. The molecule has 0 aliphatic heterocycles. The highest BCUT2D eigenvalue weighted by atomic mass is 32.1. The van der Waals surface area contributed by atoms with E-state index in [0.29, 0.717) is 11.5 Å². The summed E-state index contributed by atoms with van der Waals surface area (Å²) in [6.45, 7) is 0. The molecule has 0 saturated heterocycles. The Balaban J connectivity index is 1.56. The van der Waals surface area contributed by atoms with Gasteiger partial charge in [-0.1, -0.05) is 6.07 Å². The first-order chi connectivity index (χ1) is 11.2. The zero-order chi connectivity index (χ0) is 15.8. The second-order valence-corrected chi connectivity index (χ2v) is 6.94. The number of imidazole rings is 1. The van der Waals surface area contributed by atoms with Crippen LogP contribution in [0.4, 0.5) is 0 Å². The van der Waals surface area contributed by atoms with Crippen molar-refractivity contribution in [2.75, 3.05) is 0 Å². The summed E-state index contributed by atoms with van der Waals surface area (Å²) in [5.41, 5.74) is 1.43. The number of carbonyl (C=O) groups is 1. The molecule has 3 heterocycles. The molecule has 6 heteroatoms. The molecule has 3 aromatic heterocycles. The monoisotopic (exact) mass is 327 g/mol. The molecule has 1 amide bonds. The van der Waals surface area contributed by atoms with Gasteiger partial charge in [0.25, 0.3) is 5.91 Å². The van der Waals surface area contributed by atoms with Crippen LogP contribution in [0.5, 0.6) is 0 Å². The van der Waals surface area contributed by atoms with Crippen LogP contribution in [-0.4, -0.2) is 26.5 Å². The second kappa shape index (κ2) is 5.79. The first-order valence-corrected chi connectivity index (χ1v) is 8.54. The van der Waals surface area contributed by atoms with Crippen molar-refractivity contribution in [1.29, 1.82) is 0 Å². The van der Waals surface area contributed by atoms with Crippen molar-refractivity contribution >= 4 is 22.9 Å². The van der Waals surface area contributed by atoms with E-state index in [1.807, 2.05) is 34.2 Å². The largest absolute Gasteiger partial charge is 0.393 e. The normalized spacial score (nSPS) is 21.8. The van der Waals surface area contributed by atoms with Gasteiger partial charge in [-0.2, -0.15) is 0 Å². The van der Waals surface area contributed by atoms with Crippen molar-refractivity contribution in [3.63, 3.8) is 0 Å². The predicted octanol–water partition coefficient (Wildman–Crippen LogP) is 2.64. The summed E-state index contributed by atoms with van der Waals surface area (Å²) in [7, 11) is 0. The summed E-state index contributed by atoms with van der Waals surface area (Å²) in [4.78, 5) is 18.0. The Morgan fingerprint density at radius 1 is 1.39 bits per heavy atom. The van der Waals surface area contributed by atoms with Crippen molar-refractivity contribution in [3.8, 4) is 0 Å². The molecule has 1 fully saturated rings. The van der Waals surface area contributed by atoms with Gasteiger partial charge in [0.1, 0.15) is 5.65 Å². The van der Waals surface area contributed by atoms with E-state index in [9.17, 15) is 9.90 Å². The number of aromatic nitrogens is 2. The van der Waals surface area contributed by atoms with Gasteiger partial charge in [-0.15, -0.1) is 11.3 Å². The number of hydrogen-bond donors (Lipinski definition) is 2. The van der Waals surface area contributed by atoms with Gasteiger partial charge in [-0.25, -0.2) is 4.98 Å². The highest BCUT2D eigenvalue weighted by molar-refractivity contribution is 7.10. The number of thiophene rings is 1. The molecular formula is C17H17N3O2S. The van der Waals surface area contributed by atoms with Gasteiger partial charge in [0, 0.05) is 23.5 Å². The first-order valence-electron chi connectivity index (χ1n) is 7.66. The topological polar surface area (TPSA) is 66.6 Å². The van der Waals surface area contributed by atoms with Gasteiger partial charge in [0.15, 0.2) is 0 Å². The molecule has 0 bridgehead atoms. The summed E-state index contributed by atoms with van der Waals surface area (Å²) in [5.74, 6) is 0.199. The molecule has 0 aromatic carbocycles. The molecule has 1 atom stereocenters. The van der Waals surface area contributed by atoms with Crippen LogP contribution < -0.4 is 5.32 Å². The van der Waals surface area contributed by atoms with Crippen LogP contribution in [0.25, 0.3) is 5.65 Å². The van der Waals surface area contributed by atoms with E-state index in [1.165, 1.54) is 0 Å². The fraction of sp³-hybridized carbons (Fsp3) is 0.294. The van der Waals surface area contributed by atoms with E-state index in [2.05, 4.69) is 10.3 Å². The summed E-state index contributed by atoms with van der Waals surface area (Å²) in [6.07, 6.45) is 6.57. The Morgan fingerprint density at radius 2 is 2.26 bits per heavy atom. The van der Waals surface area contributed by atoms with Crippen molar-refractivity contribution in [1.82, 2.24) is 14.7 Å². The minimum absolute atomic E-state index is 0.0376. The fourth-order valence-electron chi connectivity index (χ4n) is 3.07. The number of amides is 1. The maximum atomic E-state index is 12.6. The van der Waals surface area contributed by atoms with E-state index in [1.54, 1.807) is 29.8 Å². The van der Waals surface area contributed by atoms with Crippen molar-refractivity contribution in [2.45, 2.75) is 25.0 Å². The lowest BCUT2D eigenvalue weighted by Crippen LogP contribution is -2.41. The van der Waals surface area contributed by atoms with Gasteiger partial charge >= 0.3 is 0 Å². The lowest BCUT2D eigenvalue weighted by atomic mass is 9.76. The Labute approximate surface area is 137 Å².